The lowest BCUT2D eigenvalue weighted by Crippen LogP contribution is -2.38. The van der Waals surface area contributed by atoms with Crippen molar-refractivity contribution in [2.75, 3.05) is 35.6 Å². The van der Waals surface area contributed by atoms with Gasteiger partial charge in [0.15, 0.2) is 0 Å². The quantitative estimate of drug-likeness (QED) is 0.641. The van der Waals surface area contributed by atoms with Gasteiger partial charge in [0.2, 0.25) is 10.0 Å². The van der Waals surface area contributed by atoms with Gasteiger partial charge in [-0.05, 0) is 38.0 Å². The molecule has 1 amide bonds. The Labute approximate surface area is 140 Å². The molecule has 9 heteroatoms. The van der Waals surface area contributed by atoms with Gasteiger partial charge >= 0.3 is 11.9 Å². The van der Waals surface area contributed by atoms with Crippen LogP contribution in [0.5, 0.6) is 5.75 Å². The summed E-state index contributed by atoms with van der Waals surface area (Å²) >= 11 is 0. The third-order valence-corrected chi connectivity index (χ3v) is 5.37. The van der Waals surface area contributed by atoms with Crippen LogP contribution in [-0.2, 0) is 24.3 Å². The molecule has 1 aromatic carbocycles. The highest BCUT2D eigenvalue weighted by atomic mass is 32.2. The number of nitrogens with zero attached hydrogens (tertiary/aromatic N) is 1. The van der Waals surface area contributed by atoms with Gasteiger partial charge in [-0.2, -0.15) is 0 Å². The van der Waals surface area contributed by atoms with E-state index in [0.29, 0.717) is 24.4 Å². The number of carbonyl (C=O) groups is 2. The normalized spacial score (nSPS) is 16.3. The molecule has 0 aromatic heterocycles. The van der Waals surface area contributed by atoms with Crippen LogP contribution >= 0.6 is 0 Å². The number of rotatable bonds is 4. The van der Waals surface area contributed by atoms with Crippen LogP contribution in [0.4, 0.5) is 11.4 Å². The summed E-state index contributed by atoms with van der Waals surface area (Å²) in [4.78, 5) is 23.1. The van der Waals surface area contributed by atoms with Gasteiger partial charge < -0.3 is 14.8 Å². The first-order valence-electron chi connectivity index (χ1n) is 7.55. The van der Waals surface area contributed by atoms with E-state index in [2.05, 4.69) is 10.1 Å². The van der Waals surface area contributed by atoms with Crippen LogP contribution in [0.2, 0.25) is 0 Å². The predicted molar refractivity (Wildman–Crippen MR) is 88.6 cm³/mol. The van der Waals surface area contributed by atoms with Crippen LogP contribution in [0.1, 0.15) is 19.8 Å². The fourth-order valence-electron chi connectivity index (χ4n) is 2.40. The molecule has 0 unspecified atom stereocenters. The Morgan fingerprint density at radius 3 is 2.67 bits per heavy atom. The lowest BCUT2D eigenvalue weighted by atomic mass is 10.2. The summed E-state index contributed by atoms with van der Waals surface area (Å²) in [5.41, 5.74) is 0.614. The molecule has 1 aromatic rings. The summed E-state index contributed by atoms with van der Waals surface area (Å²) in [6.07, 6.45) is 1.35. The molecule has 132 valence electrons. The fourth-order valence-corrected chi connectivity index (χ4v) is 4.04. The lowest BCUT2D eigenvalue weighted by Gasteiger charge is -2.29. The van der Waals surface area contributed by atoms with Gasteiger partial charge in [-0.3, -0.25) is 9.10 Å². The zero-order chi connectivity index (χ0) is 17.7. The molecule has 1 aliphatic rings. The van der Waals surface area contributed by atoms with Gasteiger partial charge in [-0.15, -0.1) is 0 Å². The Balaban J connectivity index is 2.31. The van der Waals surface area contributed by atoms with Crippen molar-refractivity contribution in [2.24, 2.45) is 0 Å². The minimum absolute atomic E-state index is 0.0650. The van der Waals surface area contributed by atoms with Crippen molar-refractivity contribution in [3.63, 3.8) is 0 Å². The molecule has 0 saturated carbocycles. The topological polar surface area (TPSA) is 102 Å². The molecule has 2 rings (SSSR count). The van der Waals surface area contributed by atoms with E-state index in [-0.39, 0.29) is 18.0 Å². The summed E-state index contributed by atoms with van der Waals surface area (Å²) in [7, 11) is -1.99. The summed E-state index contributed by atoms with van der Waals surface area (Å²) in [5, 5.41) is 2.39. The van der Waals surface area contributed by atoms with Crippen LogP contribution < -0.4 is 14.4 Å². The molecule has 0 bridgehead atoms. The maximum Gasteiger partial charge on any atom is 0.397 e. The second-order valence-electron chi connectivity index (χ2n) is 5.16. The first kappa shape index (κ1) is 18.1. The van der Waals surface area contributed by atoms with Crippen molar-refractivity contribution in [2.45, 2.75) is 19.8 Å². The van der Waals surface area contributed by atoms with Crippen LogP contribution in [0.15, 0.2) is 18.2 Å². The number of hydrogen-bond donors (Lipinski definition) is 1. The molecular formula is C15H20N2O6S. The maximum atomic E-state index is 12.3. The highest BCUT2D eigenvalue weighted by Gasteiger charge is 2.28. The summed E-state index contributed by atoms with van der Waals surface area (Å²) in [6, 6.07) is 4.54. The SMILES string of the molecule is CCOC(=O)C(=O)Nc1ccc(OC)c(N2CCCCS2(=O)=O)c1. The predicted octanol–water partition coefficient (Wildman–Crippen LogP) is 1.13. The van der Waals surface area contributed by atoms with E-state index in [1.54, 1.807) is 13.0 Å². The number of sulfonamides is 1. The number of anilines is 2. The number of amides is 1. The Hall–Kier alpha value is -2.29. The molecule has 1 N–H and O–H groups in total. The molecule has 0 atom stereocenters. The van der Waals surface area contributed by atoms with E-state index < -0.39 is 21.9 Å². The van der Waals surface area contributed by atoms with Gasteiger partial charge in [0.05, 0.1) is 25.2 Å². The van der Waals surface area contributed by atoms with Crippen molar-refractivity contribution in [1.29, 1.82) is 0 Å². The van der Waals surface area contributed by atoms with Gasteiger partial charge in [0, 0.05) is 12.2 Å². The van der Waals surface area contributed by atoms with E-state index in [1.165, 1.54) is 23.5 Å². The van der Waals surface area contributed by atoms with E-state index in [0.717, 1.165) is 6.42 Å². The van der Waals surface area contributed by atoms with E-state index in [4.69, 9.17) is 4.74 Å². The highest BCUT2D eigenvalue weighted by Crippen LogP contribution is 2.35. The van der Waals surface area contributed by atoms with Crippen LogP contribution in [-0.4, -0.2) is 46.3 Å². The number of hydrogen-bond acceptors (Lipinski definition) is 6. The number of nitrogens with one attached hydrogen (secondary N) is 1. The number of benzene rings is 1. The van der Waals surface area contributed by atoms with Crippen LogP contribution in [0.25, 0.3) is 0 Å². The van der Waals surface area contributed by atoms with Gasteiger partial charge in [-0.1, -0.05) is 0 Å². The summed E-state index contributed by atoms with van der Waals surface area (Å²) in [6.45, 7) is 2.03. The van der Waals surface area contributed by atoms with Crippen LogP contribution in [0.3, 0.4) is 0 Å². The number of carbonyl (C=O) groups excluding carboxylic acids is 2. The molecule has 0 radical (unpaired) electrons. The van der Waals surface area contributed by atoms with Crippen molar-refractivity contribution < 1.29 is 27.5 Å². The Morgan fingerprint density at radius 2 is 2.04 bits per heavy atom. The molecule has 1 saturated heterocycles. The van der Waals surface area contributed by atoms with Gasteiger partial charge in [0.25, 0.3) is 0 Å². The summed E-state index contributed by atoms with van der Waals surface area (Å²) < 4.78 is 35.7. The lowest BCUT2D eigenvalue weighted by molar-refractivity contribution is -0.152. The van der Waals surface area contributed by atoms with Gasteiger partial charge in [-0.25, -0.2) is 13.2 Å². The smallest absolute Gasteiger partial charge is 0.397 e. The standard InChI is InChI=1S/C15H20N2O6S/c1-3-23-15(19)14(18)16-11-6-7-13(22-2)12(10-11)17-8-4-5-9-24(17,20)21/h6-7,10H,3-5,8-9H2,1-2H3,(H,16,18). The Kier molecular flexibility index (Phi) is 5.66. The largest absolute Gasteiger partial charge is 0.495 e. The van der Waals surface area contributed by atoms with Crippen molar-refractivity contribution in [3.05, 3.63) is 18.2 Å². The van der Waals surface area contributed by atoms with Crippen molar-refractivity contribution >= 4 is 33.3 Å². The molecule has 0 aliphatic carbocycles. The zero-order valence-electron chi connectivity index (χ0n) is 13.6. The Morgan fingerprint density at radius 1 is 1.29 bits per heavy atom. The zero-order valence-corrected chi connectivity index (χ0v) is 14.4. The van der Waals surface area contributed by atoms with E-state index >= 15 is 0 Å². The third kappa shape index (κ3) is 3.97. The first-order chi connectivity index (χ1) is 11.4. The van der Waals surface area contributed by atoms with E-state index in [1.807, 2.05) is 0 Å². The second kappa shape index (κ2) is 7.52. The van der Waals surface area contributed by atoms with Gasteiger partial charge in [0.1, 0.15) is 5.75 Å². The maximum absolute atomic E-state index is 12.3. The molecule has 24 heavy (non-hydrogen) atoms. The highest BCUT2D eigenvalue weighted by molar-refractivity contribution is 7.92. The number of esters is 1. The minimum Gasteiger partial charge on any atom is -0.495 e. The molecular weight excluding hydrogens is 336 g/mol. The molecule has 1 fully saturated rings. The molecule has 8 nitrogen and oxygen atoms in total. The van der Waals surface area contributed by atoms with Crippen molar-refractivity contribution in [3.8, 4) is 5.75 Å². The fraction of sp³-hybridized carbons (Fsp3) is 0.467. The average Bonchev–Trinajstić information content (AvgIpc) is 2.54. The molecule has 1 aliphatic heterocycles. The minimum atomic E-state index is -3.43. The second-order valence-corrected chi connectivity index (χ2v) is 7.17. The average molecular weight is 356 g/mol. The summed E-state index contributed by atoms with van der Waals surface area (Å²) in [5.74, 6) is -1.49. The molecule has 1 heterocycles. The monoisotopic (exact) mass is 356 g/mol. The third-order valence-electron chi connectivity index (χ3n) is 3.52. The van der Waals surface area contributed by atoms with E-state index in [9.17, 15) is 18.0 Å². The van der Waals surface area contributed by atoms with Crippen molar-refractivity contribution in [1.82, 2.24) is 0 Å². The molecule has 0 spiro atoms. The Bertz CT molecular complexity index is 731. The first-order valence-corrected chi connectivity index (χ1v) is 9.16. The van der Waals surface area contributed by atoms with Crippen LogP contribution in [0, 0.1) is 0 Å². The number of methoxy groups -OCH3 is 1. The number of ether oxygens (including phenoxy) is 2.